The van der Waals surface area contributed by atoms with E-state index in [1.807, 2.05) is 6.07 Å². The Kier molecular flexibility index (Phi) is 7.37. The highest BCUT2D eigenvalue weighted by molar-refractivity contribution is 6.30. The highest BCUT2D eigenvalue weighted by Gasteiger charge is 2.48. The fraction of sp³-hybridized carbons (Fsp3) is 0.185. The number of rotatable bonds is 7. The van der Waals surface area contributed by atoms with Crippen molar-refractivity contribution in [2.45, 2.75) is 30.7 Å². The van der Waals surface area contributed by atoms with Crippen LogP contribution in [0.15, 0.2) is 91.5 Å². The van der Waals surface area contributed by atoms with Crippen molar-refractivity contribution in [2.24, 2.45) is 0 Å². The van der Waals surface area contributed by atoms with Crippen LogP contribution in [0.2, 0.25) is 10.0 Å². The molecule has 1 fully saturated rings. The van der Waals surface area contributed by atoms with E-state index in [-0.39, 0.29) is 6.42 Å². The Hall–Kier alpha value is -3.12. The lowest BCUT2D eigenvalue weighted by atomic mass is 9.88. The SMILES string of the molecule is C=CCC1OC(c2cccc(Cl)c2)C(c2ccc(Cl)cc2)N(C(C(=O)O)c2ccccc2)C1=O. The number of aliphatic carboxylic acids is 1. The summed E-state index contributed by atoms with van der Waals surface area (Å²) in [5.41, 5.74) is 1.92. The minimum atomic E-state index is -1.23. The van der Waals surface area contributed by atoms with E-state index in [0.29, 0.717) is 21.2 Å². The minimum Gasteiger partial charge on any atom is -0.479 e. The molecule has 0 radical (unpaired) electrons. The smallest absolute Gasteiger partial charge is 0.331 e. The van der Waals surface area contributed by atoms with Gasteiger partial charge in [0.05, 0.1) is 6.04 Å². The summed E-state index contributed by atoms with van der Waals surface area (Å²) in [6, 6.07) is 20.9. The second-order valence-electron chi connectivity index (χ2n) is 8.02. The molecule has 4 rings (SSSR count). The summed E-state index contributed by atoms with van der Waals surface area (Å²) in [6.07, 6.45) is 0.265. The van der Waals surface area contributed by atoms with Crippen molar-refractivity contribution in [3.8, 4) is 0 Å². The summed E-state index contributed by atoms with van der Waals surface area (Å²) in [4.78, 5) is 27.8. The number of carbonyl (C=O) groups is 2. The van der Waals surface area contributed by atoms with Crippen molar-refractivity contribution < 1.29 is 19.4 Å². The largest absolute Gasteiger partial charge is 0.479 e. The van der Waals surface area contributed by atoms with Gasteiger partial charge < -0.3 is 14.7 Å². The number of amides is 1. The lowest BCUT2D eigenvalue weighted by Crippen LogP contribution is -2.53. The molecule has 7 heteroatoms. The Bertz CT molecular complexity index is 1180. The highest BCUT2D eigenvalue weighted by Crippen LogP contribution is 2.46. The number of hydrogen-bond donors (Lipinski definition) is 1. The van der Waals surface area contributed by atoms with Crippen LogP contribution < -0.4 is 0 Å². The molecule has 0 aliphatic carbocycles. The Labute approximate surface area is 208 Å². The third-order valence-corrected chi connectivity index (χ3v) is 6.31. The first-order valence-electron chi connectivity index (χ1n) is 10.8. The van der Waals surface area contributed by atoms with Gasteiger partial charge in [-0.25, -0.2) is 4.79 Å². The van der Waals surface area contributed by atoms with Crippen LogP contribution in [0.3, 0.4) is 0 Å². The van der Waals surface area contributed by atoms with Crippen LogP contribution in [0.1, 0.15) is 41.3 Å². The zero-order valence-electron chi connectivity index (χ0n) is 18.2. The maximum absolute atomic E-state index is 13.8. The van der Waals surface area contributed by atoms with Gasteiger partial charge in [-0.05, 0) is 41.0 Å². The van der Waals surface area contributed by atoms with Gasteiger partial charge in [0.2, 0.25) is 0 Å². The molecule has 0 spiro atoms. The third-order valence-electron chi connectivity index (χ3n) is 5.82. The Morgan fingerprint density at radius 2 is 1.71 bits per heavy atom. The number of carboxylic acid groups (broad SMARTS) is 1. The fourth-order valence-corrected chi connectivity index (χ4v) is 4.68. The van der Waals surface area contributed by atoms with Gasteiger partial charge in [-0.2, -0.15) is 0 Å². The predicted octanol–water partition coefficient (Wildman–Crippen LogP) is 6.41. The molecule has 1 saturated heterocycles. The molecular formula is C27H23Cl2NO4. The zero-order chi connectivity index (χ0) is 24.2. The molecule has 34 heavy (non-hydrogen) atoms. The lowest BCUT2D eigenvalue weighted by molar-refractivity contribution is -0.184. The van der Waals surface area contributed by atoms with Gasteiger partial charge in [0, 0.05) is 16.5 Å². The number of hydrogen-bond acceptors (Lipinski definition) is 3. The minimum absolute atomic E-state index is 0.237. The summed E-state index contributed by atoms with van der Waals surface area (Å²) in [7, 11) is 0. The van der Waals surface area contributed by atoms with Crippen LogP contribution in [0.4, 0.5) is 0 Å². The zero-order valence-corrected chi connectivity index (χ0v) is 19.7. The second kappa shape index (κ2) is 10.4. The van der Waals surface area contributed by atoms with Gasteiger partial charge in [0.15, 0.2) is 6.04 Å². The molecule has 3 aromatic carbocycles. The third kappa shape index (κ3) is 4.87. The summed E-state index contributed by atoms with van der Waals surface area (Å²) < 4.78 is 6.33. The van der Waals surface area contributed by atoms with E-state index in [9.17, 15) is 14.7 Å². The first-order chi connectivity index (χ1) is 16.4. The van der Waals surface area contributed by atoms with Crippen molar-refractivity contribution in [3.63, 3.8) is 0 Å². The summed E-state index contributed by atoms with van der Waals surface area (Å²) >= 11 is 12.4. The van der Waals surface area contributed by atoms with Gasteiger partial charge in [-0.15, -0.1) is 6.58 Å². The molecular weight excluding hydrogens is 473 g/mol. The van der Waals surface area contributed by atoms with Crippen LogP contribution in [-0.4, -0.2) is 28.0 Å². The van der Waals surface area contributed by atoms with Gasteiger partial charge in [0.1, 0.15) is 12.2 Å². The molecule has 1 amide bonds. The molecule has 1 heterocycles. The fourth-order valence-electron chi connectivity index (χ4n) is 4.35. The monoisotopic (exact) mass is 495 g/mol. The second-order valence-corrected chi connectivity index (χ2v) is 8.89. The molecule has 174 valence electrons. The van der Waals surface area contributed by atoms with E-state index in [0.717, 1.165) is 5.56 Å². The van der Waals surface area contributed by atoms with Crippen LogP contribution >= 0.6 is 23.2 Å². The van der Waals surface area contributed by atoms with E-state index in [2.05, 4.69) is 6.58 Å². The molecule has 0 saturated carbocycles. The number of ether oxygens (including phenoxy) is 1. The topological polar surface area (TPSA) is 66.8 Å². The number of halogens is 2. The van der Waals surface area contributed by atoms with E-state index in [4.69, 9.17) is 27.9 Å². The summed E-state index contributed by atoms with van der Waals surface area (Å²) in [6.45, 7) is 3.75. The molecule has 1 aliphatic heterocycles. The van der Waals surface area contributed by atoms with E-state index in [1.54, 1.807) is 78.9 Å². The van der Waals surface area contributed by atoms with Gasteiger partial charge >= 0.3 is 5.97 Å². The number of nitrogens with zero attached hydrogens (tertiary/aromatic N) is 1. The highest BCUT2D eigenvalue weighted by atomic mass is 35.5. The lowest BCUT2D eigenvalue weighted by Gasteiger charge is -2.47. The molecule has 0 bridgehead atoms. The standard InChI is InChI=1S/C27H23Cl2NO4/c1-2-7-22-26(31)30(24(27(32)33)17-8-4-3-5-9-17)23(18-12-14-20(28)15-13-18)25(34-22)19-10-6-11-21(29)16-19/h2-6,8-16,22-25H,1,7H2,(H,32,33). The normalized spacial score (nSPS) is 21.2. The molecule has 4 atom stereocenters. The maximum atomic E-state index is 13.8. The number of carbonyl (C=O) groups excluding carboxylic acids is 1. The first kappa shape index (κ1) is 24.0. The van der Waals surface area contributed by atoms with Crippen LogP contribution in [0.25, 0.3) is 0 Å². The van der Waals surface area contributed by atoms with Crippen molar-refractivity contribution in [1.29, 1.82) is 0 Å². The summed E-state index contributed by atoms with van der Waals surface area (Å²) in [5.74, 6) is -1.56. The molecule has 4 unspecified atom stereocenters. The van der Waals surface area contributed by atoms with Crippen molar-refractivity contribution in [1.82, 2.24) is 4.90 Å². The molecule has 3 aromatic rings. The molecule has 1 N–H and O–H groups in total. The Morgan fingerprint density at radius 1 is 1.00 bits per heavy atom. The van der Waals surface area contributed by atoms with Crippen LogP contribution in [-0.2, 0) is 14.3 Å². The Balaban J connectivity index is 1.94. The van der Waals surface area contributed by atoms with Gasteiger partial charge in [-0.3, -0.25) is 4.79 Å². The van der Waals surface area contributed by atoms with Gasteiger partial charge in [0.25, 0.3) is 5.91 Å². The first-order valence-corrected chi connectivity index (χ1v) is 11.5. The Morgan fingerprint density at radius 3 is 2.32 bits per heavy atom. The summed E-state index contributed by atoms with van der Waals surface area (Å²) in [5, 5.41) is 11.4. The molecule has 5 nitrogen and oxygen atoms in total. The molecule has 1 aliphatic rings. The predicted molar refractivity (Wildman–Crippen MR) is 132 cm³/mol. The van der Waals surface area contributed by atoms with Crippen LogP contribution in [0.5, 0.6) is 0 Å². The maximum Gasteiger partial charge on any atom is 0.331 e. The van der Waals surface area contributed by atoms with E-state index in [1.165, 1.54) is 4.90 Å². The van der Waals surface area contributed by atoms with Crippen LogP contribution in [0, 0.1) is 0 Å². The number of morpholine rings is 1. The van der Waals surface area contributed by atoms with E-state index < -0.39 is 36.2 Å². The van der Waals surface area contributed by atoms with E-state index >= 15 is 0 Å². The average molecular weight is 496 g/mol. The van der Waals surface area contributed by atoms with Crippen molar-refractivity contribution in [2.75, 3.05) is 0 Å². The van der Waals surface area contributed by atoms with Crippen molar-refractivity contribution in [3.05, 3.63) is 118 Å². The quantitative estimate of drug-likeness (QED) is 0.384. The average Bonchev–Trinajstić information content (AvgIpc) is 2.83. The van der Waals surface area contributed by atoms with Crippen molar-refractivity contribution >= 4 is 35.1 Å². The molecule has 0 aromatic heterocycles. The number of benzene rings is 3. The van der Waals surface area contributed by atoms with Gasteiger partial charge in [-0.1, -0.05) is 83.9 Å². The number of carboxylic acids is 1.